The van der Waals surface area contributed by atoms with Gasteiger partial charge in [0.05, 0.1) is 31.0 Å². The van der Waals surface area contributed by atoms with Crippen molar-refractivity contribution in [2.75, 3.05) is 27.7 Å². The maximum Gasteiger partial charge on any atom is 0.281 e. The van der Waals surface area contributed by atoms with Gasteiger partial charge >= 0.3 is 0 Å². The second kappa shape index (κ2) is 12.3. The van der Waals surface area contributed by atoms with Crippen LogP contribution in [0.4, 0.5) is 0 Å². The van der Waals surface area contributed by atoms with Crippen LogP contribution in [-0.2, 0) is 23.2 Å². The van der Waals surface area contributed by atoms with Crippen LogP contribution in [0.5, 0.6) is 5.75 Å². The summed E-state index contributed by atoms with van der Waals surface area (Å²) in [5.74, 6) is 1.25. The number of methoxy groups -OCH3 is 1. The highest BCUT2D eigenvalue weighted by molar-refractivity contribution is 7.95. The molecule has 0 aliphatic heterocycles. The smallest absolute Gasteiger partial charge is 0.281 e. The van der Waals surface area contributed by atoms with E-state index in [2.05, 4.69) is 39.0 Å². The summed E-state index contributed by atoms with van der Waals surface area (Å²) in [4.78, 5) is 38.8. The summed E-state index contributed by atoms with van der Waals surface area (Å²) < 4.78 is 9.89. The molecule has 1 N–H and O–H groups in total. The van der Waals surface area contributed by atoms with E-state index in [0.29, 0.717) is 24.5 Å². The van der Waals surface area contributed by atoms with Gasteiger partial charge in [0.25, 0.3) is 5.91 Å². The van der Waals surface area contributed by atoms with Crippen LogP contribution in [0.3, 0.4) is 0 Å². The van der Waals surface area contributed by atoms with Crippen LogP contribution >= 0.6 is 23.5 Å². The molecule has 2 amide bonds. The van der Waals surface area contributed by atoms with Crippen molar-refractivity contribution in [3.8, 4) is 5.75 Å². The van der Waals surface area contributed by atoms with Crippen molar-refractivity contribution in [2.45, 2.75) is 63.3 Å². The molecule has 0 atom stereocenters. The van der Waals surface area contributed by atoms with Crippen molar-refractivity contribution >= 4 is 35.3 Å². The van der Waals surface area contributed by atoms with Crippen LogP contribution < -0.4 is 9.46 Å². The van der Waals surface area contributed by atoms with Crippen molar-refractivity contribution in [3.05, 3.63) is 75.0 Å². The van der Waals surface area contributed by atoms with E-state index in [9.17, 15) is 9.59 Å². The van der Waals surface area contributed by atoms with Crippen LogP contribution in [0.2, 0.25) is 0 Å². The second-order valence-corrected chi connectivity index (χ2v) is 13.3. The number of carbonyl (C=O) groups excluding carboxylic acids is 2. The first kappa shape index (κ1) is 28.6. The van der Waals surface area contributed by atoms with E-state index in [1.165, 1.54) is 47.4 Å². The molecule has 2 aliphatic carbocycles. The molecule has 2 heterocycles. The van der Waals surface area contributed by atoms with Gasteiger partial charge in [0, 0.05) is 23.6 Å². The summed E-state index contributed by atoms with van der Waals surface area (Å²) in [6.07, 6.45) is 7.56. The van der Waals surface area contributed by atoms with Gasteiger partial charge in [-0.25, -0.2) is 9.29 Å². The number of amides is 2. The van der Waals surface area contributed by atoms with Gasteiger partial charge in [-0.05, 0) is 88.7 Å². The molecule has 2 fully saturated rings. The summed E-state index contributed by atoms with van der Waals surface area (Å²) in [5, 5.41) is 0.764. The lowest BCUT2D eigenvalue weighted by Crippen LogP contribution is -2.40. The Kier molecular flexibility index (Phi) is 8.77. The average Bonchev–Trinajstić information content (AvgIpc) is 3.89. The van der Waals surface area contributed by atoms with Crippen LogP contribution in [0, 0.1) is 6.92 Å². The first-order valence-electron chi connectivity index (χ1n) is 13.8. The zero-order valence-electron chi connectivity index (χ0n) is 23.6. The summed E-state index contributed by atoms with van der Waals surface area (Å²) >= 11 is 2.69. The lowest BCUT2D eigenvalue weighted by Gasteiger charge is -2.27. The molecule has 40 heavy (non-hydrogen) atoms. The monoisotopic (exact) mass is 579 g/mol. The molecule has 0 unspecified atom stereocenters. The maximum atomic E-state index is 14.1. The largest absolute Gasteiger partial charge is 0.495 e. The third-order valence-corrected chi connectivity index (χ3v) is 9.10. The van der Waals surface area contributed by atoms with Gasteiger partial charge in [-0.3, -0.25) is 19.3 Å². The molecule has 3 aromatic rings. The van der Waals surface area contributed by atoms with Crippen molar-refractivity contribution in [2.24, 2.45) is 0 Å². The number of nitrogens with one attached hydrogen (secondary N) is 1. The molecule has 212 valence electrons. The lowest BCUT2D eigenvalue weighted by atomic mass is 9.99. The normalized spacial score (nSPS) is 15.6. The molecule has 2 aromatic heterocycles. The first-order valence-corrected chi connectivity index (χ1v) is 15.4. The van der Waals surface area contributed by atoms with E-state index in [1.807, 2.05) is 42.4 Å². The number of rotatable bonds is 13. The molecule has 2 aliphatic rings. The number of pyridine rings is 1. The van der Waals surface area contributed by atoms with E-state index in [4.69, 9.17) is 4.74 Å². The fourth-order valence-electron chi connectivity index (χ4n) is 5.01. The Morgan fingerprint density at radius 2 is 2.00 bits per heavy atom. The van der Waals surface area contributed by atoms with Gasteiger partial charge < -0.3 is 9.64 Å². The molecule has 8 nitrogen and oxygen atoms in total. The predicted molar refractivity (Wildman–Crippen MR) is 159 cm³/mol. The minimum atomic E-state index is -0.604. The Balaban J connectivity index is 1.33. The number of thiazole rings is 1. The number of aryl methyl sites for hydroxylation is 2. The van der Waals surface area contributed by atoms with Crippen LogP contribution in [0.1, 0.15) is 75.2 Å². The van der Waals surface area contributed by atoms with Crippen molar-refractivity contribution < 1.29 is 14.3 Å². The van der Waals surface area contributed by atoms with E-state index in [-0.39, 0.29) is 11.8 Å². The summed E-state index contributed by atoms with van der Waals surface area (Å²) in [6.45, 7) is 2.89. The summed E-state index contributed by atoms with van der Waals surface area (Å²) in [5.41, 5.74) is 3.35. The number of ether oxygens (including phenoxy) is 1. The molecule has 0 bridgehead atoms. The van der Waals surface area contributed by atoms with Crippen molar-refractivity contribution in [3.63, 3.8) is 0 Å². The Hall–Kier alpha value is -2.95. The lowest BCUT2D eigenvalue weighted by molar-refractivity contribution is -0.134. The summed E-state index contributed by atoms with van der Waals surface area (Å²) in [6, 6.07) is 12.7. The Bertz CT molecular complexity index is 1350. The van der Waals surface area contributed by atoms with Gasteiger partial charge in [-0.2, -0.15) is 0 Å². The average molecular weight is 580 g/mol. The SMILES string of the molecule is COc1ccc(C2(C(=O)N(CCCc3cccc(C4CC4)c3)Cc3nc(C(=O)NSN(C)C)c(C)s3)CC2)nc1. The summed E-state index contributed by atoms with van der Waals surface area (Å²) in [7, 11) is 5.34. The molecular formula is C30H37N5O3S2. The minimum absolute atomic E-state index is 0.0823. The van der Waals surface area contributed by atoms with E-state index >= 15 is 0 Å². The number of carbonyl (C=O) groups is 2. The highest BCUT2D eigenvalue weighted by atomic mass is 32.2. The van der Waals surface area contributed by atoms with Crippen LogP contribution in [0.15, 0.2) is 42.6 Å². The zero-order chi connectivity index (χ0) is 28.3. The topological polar surface area (TPSA) is 87.7 Å². The van der Waals surface area contributed by atoms with Gasteiger partial charge in [0.1, 0.15) is 16.5 Å². The molecule has 10 heteroatoms. The fourth-order valence-corrected chi connectivity index (χ4v) is 6.32. The standard InChI is InChI=1S/C30H37N5O3S2/c1-20-27(28(36)33-40-34(2)3)32-26(39-20)19-35(16-6-8-21-7-5-9-23(17-21)22-10-11-22)29(37)30(14-15-30)25-13-12-24(38-4)18-31-25/h5,7,9,12-13,17-18,22H,6,8,10-11,14-16,19H2,1-4H3,(H,33,36). The van der Waals surface area contributed by atoms with Crippen molar-refractivity contribution in [1.82, 2.24) is 23.9 Å². The number of aromatic nitrogens is 2. The Morgan fingerprint density at radius 1 is 1.20 bits per heavy atom. The third kappa shape index (κ3) is 6.67. The molecule has 0 saturated heterocycles. The van der Waals surface area contributed by atoms with Crippen LogP contribution in [0.25, 0.3) is 0 Å². The third-order valence-electron chi connectivity index (χ3n) is 7.51. The number of benzene rings is 1. The Labute approximate surface area is 244 Å². The van der Waals surface area contributed by atoms with E-state index < -0.39 is 5.41 Å². The number of hydrogen-bond acceptors (Lipinski definition) is 8. The van der Waals surface area contributed by atoms with Gasteiger partial charge in [-0.1, -0.05) is 24.3 Å². The maximum absolute atomic E-state index is 14.1. The molecular weight excluding hydrogens is 542 g/mol. The minimum Gasteiger partial charge on any atom is -0.495 e. The van der Waals surface area contributed by atoms with Crippen molar-refractivity contribution in [1.29, 1.82) is 0 Å². The van der Waals surface area contributed by atoms with Gasteiger partial charge in [-0.15, -0.1) is 11.3 Å². The highest BCUT2D eigenvalue weighted by Crippen LogP contribution is 2.49. The molecule has 0 radical (unpaired) electrons. The van der Waals surface area contributed by atoms with Gasteiger partial charge in [0.15, 0.2) is 0 Å². The highest BCUT2D eigenvalue weighted by Gasteiger charge is 2.54. The van der Waals surface area contributed by atoms with Gasteiger partial charge in [0.2, 0.25) is 5.91 Å². The second-order valence-electron chi connectivity index (χ2n) is 10.9. The predicted octanol–water partition coefficient (Wildman–Crippen LogP) is 5.28. The molecule has 0 spiro atoms. The number of hydrogen-bond donors (Lipinski definition) is 1. The van der Waals surface area contributed by atoms with E-state index in [0.717, 1.165) is 47.2 Å². The molecule has 2 saturated carbocycles. The fraction of sp³-hybridized carbons (Fsp3) is 0.467. The Morgan fingerprint density at radius 3 is 2.65 bits per heavy atom. The number of nitrogens with zero attached hydrogens (tertiary/aromatic N) is 4. The zero-order valence-corrected chi connectivity index (χ0v) is 25.2. The van der Waals surface area contributed by atoms with Crippen LogP contribution in [-0.4, -0.2) is 58.7 Å². The first-order chi connectivity index (χ1) is 19.3. The quantitative estimate of drug-likeness (QED) is 0.276. The molecule has 1 aromatic carbocycles. The molecule has 5 rings (SSSR count). The van der Waals surface area contributed by atoms with E-state index in [1.54, 1.807) is 13.3 Å².